The van der Waals surface area contributed by atoms with Crippen LogP contribution in [-0.4, -0.2) is 42.6 Å². The lowest BCUT2D eigenvalue weighted by Crippen LogP contribution is -2.36. The van der Waals surface area contributed by atoms with Crippen molar-refractivity contribution in [1.29, 1.82) is 5.26 Å². The molecule has 0 spiro atoms. The van der Waals surface area contributed by atoms with Crippen molar-refractivity contribution in [3.05, 3.63) is 53.5 Å². The van der Waals surface area contributed by atoms with Crippen molar-refractivity contribution in [2.75, 3.05) is 18.0 Å². The van der Waals surface area contributed by atoms with E-state index < -0.39 is 0 Å². The zero-order chi connectivity index (χ0) is 18.8. The van der Waals surface area contributed by atoms with E-state index in [2.05, 4.69) is 35.8 Å². The normalized spacial score (nSPS) is 17.1. The van der Waals surface area contributed by atoms with Crippen LogP contribution in [0.15, 0.2) is 30.6 Å². The Labute approximate surface area is 158 Å². The number of aromatic nitrogens is 6. The minimum absolute atomic E-state index is 0.261. The first-order valence-corrected chi connectivity index (χ1v) is 9.14. The smallest absolute Gasteiger partial charge is 0.154 e. The van der Waals surface area contributed by atoms with Crippen molar-refractivity contribution < 1.29 is 0 Å². The number of pyridine rings is 1. The maximum absolute atomic E-state index is 9.44. The fourth-order valence-corrected chi connectivity index (χ4v) is 3.66. The molecule has 0 amide bonds. The van der Waals surface area contributed by atoms with E-state index in [1.165, 1.54) is 0 Å². The Kier molecular flexibility index (Phi) is 4.59. The molecule has 1 aliphatic rings. The molecule has 8 heteroatoms. The number of nitriles is 1. The van der Waals surface area contributed by atoms with Gasteiger partial charge in [-0.05, 0) is 38.0 Å². The van der Waals surface area contributed by atoms with Gasteiger partial charge in [0.25, 0.3) is 0 Å². The third kappa shape index (κ3) is 3.40. The largest absolute Gasteiger partial charge is 0.355 e. The van der Waals surface area contributed by atoms with E-state index in [9.17, 15) is 5.26 Å². The maximum atomic E-state index is 9.44. The average molecular weight is 362 g/mol. The predicted octanol–water partition coefficient (Wildman–Crippen LogP) is 2.02. The standard InChI is InChI=1S/C19H22N8/c1-14-6-7-15(11-20)18(22-14)26-9-3-5-16(12-26)19-24-23-17(25(19)2)13-27-10-4-8-21-27/h4,6-8,10,16H,3,5,9,12-13H2,1-2H3. The van der Waals surface area contributed by atoms with Gasteiger partial charge >= 0.3 is 0 Å². The van der Waals surface area contributed by atoms with E-state index in [1.807, 2.05) is 43.0 Å². The summed E-state index contributed by atoms with van der Waals surface area (Å²) in [6.45, 7) is 4.25. The molecule has 1 fully saturated rings. The number of nitrogens with zero attached hydrogens (tertiary/aromatic N) is 8. The van der Waals surface area contributed by atoms with Crippen LogP contribution in [-0.2, 0) is 13.6 Å². The summed E-state index contributed by atoms with van der Waals surface area (Å²) >= 11 is 0. The summed E-state index contributed by atoms with van der Waals surface area (Å²) in [5, 5.41) is 22.5. The molecule has 0 bridgehead atoms. The molecule has 3 aromatic rings. The predicted molar refractivity (Wildman–Crippen MR) is 100 cm³/mol. The molecule has 1 aliphatic heterocycles. The molecule has 0 saturated carbocycles. The SMILES string of the molecule is Cc1ccc(C#N)c(N2CCCC(c3nnc(Cn4cccn4)n3C)C2)n1. The van der Waals surface area contributed by atoms with E-state index in [0.29, 0.717) is 12.1 Å². The molecular formula is C19H22N8. The minimum atomic E-state index is 0.261. The van der Waals surface area contributed by atoms with Gasteiger partial charge in [0.2, 0.25) is 0 Å². The Hall–Kier alpha value is -3.21. The zero-order valence-corrected chi connectivity index (χ0v) is 15.6. The number of hydrogen-bond acceptors (Lipinski definition) is 6. The van der Waals surface area contributed by atoms with Crippen LogP contribution in [0.4, 0.5) is 5.82 Å². The van der Waals surface area contributed by atoms with Crippen LogP contribution >= 0.6 is 0 Å². The van der Waals surface area contributed by atoms with Gasteiger partial charge in [-0.2, -0.15) is 10.4 Å². The molecule has 4 heterocycles. The lowest BCUT2D eigenvalue weighted by atomic mass is 9.96. The van der Waals surface area contributed by atoms with E-state index in [1.54, 1.807) is 6.20 Å². The molecule has 4 rings (SSSR count). The summed E-state index contributed by atoms with van der Waals surface area (Å²) in [6.07, 6.45) is 5.77. The highest BCUT2D eigenvalue weighted by atomic mass is 15.3. The third-order valence-corrected chi connectivity index (χ3v) is 5.08. The molecule has 1 saturated heterocycles. The molecule has 27 heavy (non-hydrogen) atoms. The Bertz CT molecular complexity index is 966. The summed E-state index contributed by atoms with van der Waals surface area (Å²) < 4.78 is 3.92. The number of aryl methyl sites for hydroxylation is 1. The quantitative estimate of drug-likeness (QED) is 0.705. The van der Waals surface area contributed by atoms with E-state index >= 15 is 0 Å². The lowest BCUT2D eigenvalue weighted by Gasteiger charge is -2.33. The first kappa shape index (κ1) is 17.2. The fourth-order valence-electron chi connectivity index (χ4n) is 3.66. The second kappa shape index (κ2) is 7.19. The number of hydrogen-bond donors (Lipinski definition) is 0. The monoisotopic (exact) mass is 362 g/mol. The number of rotatable bonds is 4. The van der Waals surface area contributed by atoms with Crippen molar-refractivity contribution >= 4 is 5.82 Å². The molecule has 0 aliphatic carbocycles. The van der Waals surface area contributed by atoms with Gasteiger partial charge in [0.1, 0.15) is 24.3 Å². The third-order valence-electron chi connectivity index (χ3n) is 5.08. The average Bonchev–Trinajstić information content (AvgIpc) is 3.33. The molecule has 3 aromatic heterocycles. The minimum Gasteiger partial charge on any atom is -0.355 e. The van der Waals surface area contributed by atoms with Gasteiger partial charge in [-0.3, -0.25) is 4.68 Å². The van der Waals surface area contributed by atoms with Crippen molar-refractivity contribution in [1.82, 2.24) is 29.5 Å². The Balaban J connectivity index is 1.56. The maximum Gasteiger partial charge on any atom is 0.154 e. The van der Waals surface area contributed by atoms with Gasteiger partial charge in [-0.1, -0.05) is 0 Å². The topological polar surface area (TPSA) is 88.5 Å². The van der Waals surface area contributed by atoms with Crippen molar-refractivity contribution in [3.8, 4) is 6.07 Å². The van der Waals surface area contributed by atoms with Crippen LogP contribution in [0.5, 0.6) is 0 Å². The molecule has 0 N–H and O–H groups in total. The molecule has 8 nitrogen and oxygen atoms in total. The second-order valence-electron chi connectivity index (χ2n) is 6.96. The molecular weight excluding hydrogens is 340 g/mol. The number of anilines is 1. The van der Waals surface area contributed by atoms with Crippen LogP contribution in [0, 0.1) is 18.3 Å². The van der Waals surface area contributed by atoms with Crippen molar-refractivity contribution in [3.63, 3.8) is 0 Å². The Morgan fingerprint density at radius 2 is 2.19 bits per heavy atom. The molecule has 1 atom stereocenters. The highest BCUT2D eigenvalue weighted by Gasteiger charge is 2.28. The van der Waals surface area contributed by atoms with Gasteiger partial charge in [0.05, 0.1) is 5.56 Å². The van der Waals surface area contributed by atoms with Gasteiger partial charge in [-0.25, -0.2) is 4.98 Å². The summed E-state index contributed by atoms with van der Waals surface area (Å²) in [5.41, 5.74) is 1.55. The van der Waals surface area contributed by atoms with Crippen LogP contribution in [0.1, 0.15) is 41.7 Å². The van der Waals surface area contributed by atoms with E-state index in [4.69, 9.17) is 0 Å². The highest BCUT2D eigenvalue weighted by molar-refractivity contribution is 5.54. The van der Waals surface area contributed by atoms with Crippen LogP contribution in [0.2, 0.25) is 0 Å². The van der Waals surface area contributed by atoms with Crippen molar-refractivity contribution in [2.45, 2.75) is 32.2 Å². The van der Waals surface area contributed by atoms with Crippen molar-refractivity contribution in [2.24, 2.45) is 7.05 Å². The first-order valence-electron chi connectivity index (χ1n) is 9.14. The molecule has 1 unspecified atom stereocenters. The highest BCUT2D eigenvalue weighted by Crippen LogP contribution is 2.30. The lowest BCUT2D eigenvalue weighted by molar-refractivity contribution is 0.475. The fraction of sp³-hybridized carbons (Fsp3) is 0.421. The van der Waals surface area contributed by atoms with E-state index in [0.717, 1.165) is 49.1 Å². The second-order valence-corrected chi connectivity index (χ2v) is 6.96. The number of piperidine rings is 1. The van der Waals surface area contributed by atoms with Gasteiger partial charge in [0, 0.05) is 44.1 Å². The summed E-state index contributed by atoms with van der Waals surface area (Å²) in [4.78, 5) is 6.83. The zero-order valence-electron chi connectivity index (χ0n) is 15.6. The van der Waals surface area contributed by atoms with Crippen LogP contribution < -0.4 is 4.90 Å². The van der Waals surface area contributed by atoms with Crippen LogP contribution in [0.25, 0.3) is 0 Å². The van der Waals surface area contributed by atoms with Gasteiger partial charge in [0.15, 0.2) is 5.82 Å². The summed E-state index contributed by atoms with van der Waals surface area (Å²) in [7, 11) is 2.01. The van der Waals surface area contributed by atoms with Gasteiger partial charge in [-0.15, -0.1) is 10.2 Å². The Morgan fingerprint density at radius 1 is 1.30 bits per heavy atom. The van der Waals surface area contributed by atoms with Crippen LogP contribution in [0.3, 0.4) is 0 Å². The molecule has 0 radical (unpaired) electrons. The van der Waals surface area contributed by atoms with Gasteiger partial charge < -0.3 is 9.47 Å². The van der Waals surface area contributed by atoms with E-state index in [-0.39, 0.29) is 5.92 Å². The first-order chi connectivity index (χ1) is 13.2. The Morgan fingerprint density at radius 3 is 2.96 bits per heavy atom. The molecule has 0 aromatic carbocycles. The summed E-state index contributed by atoms with van der Waals surface area (Å²) in [5.74, 6) is 2.91. The molecule has 138 valence electrons. The summed E-state index contributed by atoms with van der Waals surface area (Å²) in [6, 6.07) is 7.90.